The minimum absolute atomic E-state index is 0.623. The van der Waals surface area contributed by atoms with Crippen LogP contribution in [0.4, 0.5) is 0 Å². The summed E-state index contributed by atoms with van der Waals surface area (Å²) in [6, 6.07) is 6.84. The summed E-state index contributed by atoms with van der Waals surface area (Å²) in [6.45, 7) is 7.97. The van der Waals surface area contributed by atoms with E-state index in [2.05, 4.69) is 48.1 Å². The first-order valence-electron chi connectivity index (χ1n) is 8.07. The van der Waals surface area contributed by atoms with Gasteiger partial charge in [0.25, 0.3) is 0 Å². The molecule has 0 spiro atoms. The second kappa shape index (κ2) is 7.64. The Balaban J connectivity index is 2.04. The van der Waals surface area contributed by atoms with Gasteiger partial charge in [-0.3, -0.25) is 0 Å². The highest BCUT2D eigenvalue weighted by atomic mass is 79.9. The van der Waals surface area contributed by atoms with Crippen molar-refractivity contribution in [1.29, 1.82) is 0 Å². The molecule has 3 atom stereocenters. The third kappa shape index (κ3) is 4.46. The molecule has 0 bridgehead atoms. The van der Waals surface area contributed by atoms with Gasteiger partial charge in [0.15, 0.2) is 0 Å². The molecule has 1 aliphatic carbocycles. The fourth-order valence-electron chi connectivity index (χ4n) is 3.56. The zero-order valence-corrected chi connectivity index (χ0v) is 15.2. The highest BCUT2D eigenvalue weighted by molar-refractivity contribution is 9.10. The minimum Gasteiger partial charge on any atom is -0.496 e. The van der Waals surface area contributed by atoms with Crippen molar-refractivity contribution in [3.8, 4) is 5.75 Å². The van der Waals surface area contributed by atoms with E-state index in [1.807, 2.05) is 12.1 Å². The number of hydrogen-bond acceptors (Lipinski definition) is 2. The van der Waals surface area contributed by atoms with Crippen LogP contribution in [0.5, 0.6) is 5.75 Å². The standard InChI is InChI=1S/C18H28BrNO/c1-12(2)16-7-5-13(3)9-17(16)20-11-14-10-15(19)6-8-18(14)21-4/h6,8,10,12-13,16-17,20H,5,7,9,11H2,1-4H3. The summed E-state index contributed by atoms with van der Waals surface area (Å²) in [5.41, 5.74) is 1.23. The summed E-state index contributed by atoms with van der Waals surface area (Å²) in [6.07, 6.45) is 4.02. The Bertz CT molecular complexity index is 461. The number of halogens is 1. The van der Waals surface area contributed by atoms with Crippen molar-refractivity contribution in [2.75, 3.05) is 7.11 Å². The van der Waals surface area contributed by atoms with E-state index in [1.54, 1.807) is 7.11 Å². The number of ether oxygens (including phenoxy) is 1. The van der Waals surface area contributed by atoms with Crippen LogP contribution in [0.3, 0.4) is 0 Å². The quantitative estimate of drug-likeness (QED) is 0.803. The molecule has 0 aliphatic heterocycles. The van der Waals surface area contributed by atoms with Crippen LogP contribution in [0, 0.1) is 17.8 Å². The lowest BCUT2D eigenvalue weighted by molar-refractivity contribution is 0.169. The number of benzene rings is 1. The highest BCUT2D eigenvalue weighted by Gasteiger charge is 2.30. The number of rotatable bonds is 5. The maximum Gasteiger partial charge on any atom is 0.123 e. The average molecular weight is 354 g/mol. The van der Waals surface area contributed by atoms with Gasteiger partial charge in [-0.05, 0) is 48.8 Å². The Labute approximate surface area is 137 Å². The molecule has 21 heavy (non-hydrogen) atoms. The van der Waals surface area contributed by atoms with Gasteiger partial charge in [-0.2, -0.15) is 0 Å². The molecule has 0 aromatic heterocycles. The molecule has 2 nitrogen and oxygen atoms in total. The summed E-state index contributed by atoms with van der Waals surface area (Å²) in [7, 11) is 1.74. The van der Waals surface area contributed by atoms with Gasteiger partial charge in [0.1, 0.15) is 5.75 Å². The predicted octanol–water partition coefficient (Wildman–Crippen LogP) is 5.01. The van der Waals surface area contributed by atoms with Crippen LogP contribution in [0.15, 0.2) is 22.7 Å². The van der Waals surface area contributed by atoms with Gasteiger partial charge >= 0.3 is 0 Å². The van der Waals surface area contributed by atoms with Gasteiger partial charge in [0.2, 0.25) is 0 Å². The fraction of sp³-hybridized carbons (Fsp3) is 0.667. The summed E-state index contributed by atoms with van der Waals surface area (Å²) in [5.74, 6) is 3.34. The fourth-order valence-corrected chi connectivity index (χ4v) is 3.97. The van der Waals surface area contributed by atoms with E-state index in [4.69, 9.17) is 4.74 Å². The lowest BCUT2D eigenvalue weighted by atomic mass is 9.74. The van der Waals surface area contributed by atoms with Crippen molar-refractivity contribution in [1.82, 2.24) is 5.32 Å². The van der Waals surface area contributed by atoms with Crippen molar-refractivity contribution in [2.24, 2.45) is 17.8 Å². The van der Waals surface area contributed by atoms with Crippen molar-refractivity contribution in [3.05, 3.63) is 28.2 Å². The van der Waals surface area contributed by atoms with Gasteiger partial charge in [-0.1, -0.05) is 43.1 Å². The molecule has 1 saturated carbocycles. The smallest absolute Gasteiger partial charge is 0.123 e. The minimum atomic E-state index is 0.623. The van der Waals surface area contributed by atoms with Crippen LogP contribution in [0.1, 0.15) is 45.6 Å². The molecule has 1 N–H and O–H groups in total. The molecule has 0 heterocycles. The third-order valence-corrected chi connectivity index (χ3v) is 5.31. The van der Waals surface area contributed by atoms with Crippen LogP contribution >= 0.6 is 15.9 Å². The van der Waals surface area contributed by atoms with Crippen molar-refractivity contribution in [3.63, 3.8) is 0 Å². The molecule has 118 valence electrons. The van der Waals surface area contributed by atoms with Crippen LogP contribution in [0.25, 0.3) is 0 Å². The van der Waals surface area contributed by atoms with Crippen LogP contribution in [-0.2, 0) is 6.54 Å². The summed E-state index contributed by atoms with van der Waals surface area (Å²) >= 11 is 3.55. The Kier molecular flexibility index (Phi) is 6.12. The van der Waals surface area contributed by atoms with Crippen molar-refractivity contribution < 1.29 is 4.74 Å². The molecular weight excluding hydrogens is 326 g/mol. The monoisotopic (exact) mass is 353 g/mol. The normalized spacial score (nSPS) is 26.1. The number of hydrogen-bond donors (Lipinski definition) is 1. The first-order valence-corrected chi connectivity index (χ1v) is 8.86. The Morgan fingerprint density at radius 1 is 1.33 bits per heavy atom. The highest BCUT2D eigenvalue weighted by Crippen LogP contribution is 2.34. The molecule has 1 aromatic rings. The third-order valence-electron chi connectivity index (χ3n) is 4.82. The van der Waals surface area contributed by atoms with E-state index < -0.39 is 0 Å². The molecule has 1 aliphatic rings. The molecular formula is C18H28BrNO. The summed E-state index contributed by atoms with van der Waals surface area (Å²) in [5, 5.41) is 3.80. The van der Waals surface area contributed by atoms with E-state index in [-0.39, 0.29) is 0 Å². The predicted molar refractivity (Wildman–Crippen MR) is 92.7 cm³/mol. The molecule has 1 fully saturated rings. The van der Waals surface area contributed by atoms with E-state index >= 15 is 0 Å². The van der Waals surface area contributed by atoms with E-state index in [1.165, 1.54) is 24.8 Å². The largest absolute Gasteiger partial charge is 0.496 e. The Morgan fingerprint density at radius 3 is 2.76 bits per heavy atom. The van der Waals surface area contributed by atoms with E-state index in [0.29, 0.717) is 6.04 Å². The number of nitrogens with one attached hydrogen (secondary N) is 1. The van der Waals surface area contributed by atoms with Crippen LogP contribution < -0.4 is 10.1 Å². The molecule has 0 saturated heterocycles. The lowest BCUT2D eigenvalue weighted by Gasteiger charge is -2.38. The summed E-state index contributed by atoms with van der Waals surface area (Å²) in [4.78, 5) is 0. The second-order valence-corrected chi connectivity index (χ2v) is 7.69. The molecule has 3 heteroatoms. The first-order chi connectivity index (χ1) is 10.0. The Hall–Kier alpha value is -0.540. The van der Waals surface area contributed by atoms with E-state index in [0.717, 1.165) is 34.5 Å². The van der Waals surface area contributed by atoms with Gasteiger partial charge in [0.05, 0.1) is 7.11 Å². The molecule has 0 amide bonds. The second-order valence-electron chi connectivity index (χ2n) is 6.77. The van der Waals surface area contributed by atoms with Crippen molar-refractivity contribution in [2.45, 2.75) is 52.6 Å². The first kappa shape index (κ1) is 16.8. The maximum absolute atomic E-state index is 5.47. The van der Waals surface area contributed by atoms with Gasteiger partial charge < -0.3 is 10.1 Å². The molecule has 2 rings (SSSR count). The topological polar surface area (TPSA) is 21.3 Å². The Morgan fingerprint density at radius 2 is 2.10 bits per heavy atom. The van der Waals surface area contributed by atoms with Crippen LogP contribution in [0.2, 0.25) is 0 Å². The van der Waals surface area contributed by atoms with Gasteiger partial charge in [-0.25, -0.2) is 0 Å². The van der Waals surface area contributed by atoms with Crippen molar-refractivity contribution >= 4 is 15.9 Å². The van der Waals surface area contributed by atoms with Gasteiger partial charge in [0, 0.05) is 22.6 Å². The molecule has 0 radical (unpaired) electrons. The SMILES string of the molecule is COc1ccc(Br)cc1CNC1CC(C)CCC1C(C)C. The number of methoxy groups -OCH3 is 1. The molecule has 3 unspecified atom stereocenters. The average Bonchev–Trinajstić information content (AvgIpc) is 2.45. The molecule has 1 aromatic carbocycles. The zero-order valence-electron chi connectivity index (χ0n) is 13.7. The maximum atomic E-state index is 5.47. The van der Waals surface area contributed by atoms with Gasteiger partial charge in [-0.15, -0.1) is 0 Å². The summed E-state index contributed by atoms with van der Waals surface area (Å²) < 4.78 is 6.58. The van der Waals surface area contributed by atoms with E-state index in [9.17, 15) is 0 Å². The lowest BCUT2D eigenvalue weighted by Crippen LogP contribution is -2.42. The zero-order chi connectivity index (χ0) is 15.4. The van der Waals surface area contributed by atoms with Crippen LogP contribution in [-0.4, -0.2) is 13.2 Å².